The van der Waals surface area contributed by atoms with Crippen LogP contribution >= 0.6 is 0 Å². The van der Waals surface area contributed by atoms with E-state index in [1.165, 1.54) is 51.7 Å². The van der Waals surface area contributed by atoms with Gasteiger partial charge in [-0.05, 0) is 58.3 Å². The zero-order valence-electron chi connectivity index (χ0n) is 8.76. The molecule has 0 saturated carbocycles. The molecule has 0 radical (unpaired) electrons. The van der Waals surface area contributed by atoms with Crippen LogP contribution in [0.3, 0.4) is 0 Å². The van der Waals surface area contributed by atoms with Crippen LogP contribution in [0.4, 0.5) is 0 Å². The minimum Gasteiger partial charge on any atom is -0.319 e. The molecule has 2 aliphatic rings. The Bertz CT molecular complexity index is 154. The van der Waals surface area contributed by atoms with Gasteiger partial charge >= 0.3 is 0 Å². The van der Waals surface area contributed by atoms with Crippen LogP contribution in [-0.2, 0) is 0 Å². The maximum Gasteiger partial charge on any atom is 0.0136 e. The van der Waals surface area contributed by atoms with Gasteiger partial charge < -0.3 is 10.2 Å². The summed E-state index contributed by atoms with van der Waals surface area (Å²) in [5.41, 5.74) is 0. The van der Waals surface area contributed by atoms with Gasteiger partial charge in [0, 0.05) is 6.04 Å². The highest BCUT2D eigenvalue weighted by Crippen LogP contribution is 2.30. The van der Waals surface area contributed by atoms with Gasteiger partial charge in [0.05, 0.1) is 0 Å². The number of piperidine rings is 2. The smallest absolute Gasteiger partial charge is 0.0136 e. The molecule has 13 heavy (non-hydrogen) atoms. The van der Waals surface area contributed by atoms with Crippen molar-refractivity contribution >= 4 is 0 Å². The molecule has 0 bridgehead atoms. The summed E-state index contributed by atoms with van der Waals surface area (Å²) in [7, 11) is 2.09. The highest BCUT2D eigenvalue weighted by atomic mass is 15.2. The van der Waals surface area contributed by atoms with Crippen molar-refractivity contribution in [3.05, 3.63) is 0 Å². The van der Waals surface area contributed by atoms with E-state index in [9.17, 15) is 0 Å². The van der Waals surface area contributed by atoms with E-state index in [4.69, 9.17) is 0 Å². The molecule has 2 aliphatic heterocycles. The molecule has 2 nitrogen and oxygen atoms in total. The molecule has 2 rings (SSSR count). The van der Waals surface area contributed by atoms with Crippen molar-refractivity contribution in [3.63, 3.8) is 0 Å². The van der Waals surface area contributed by atoms with Crippen LogP contribution in [-0.4, -0.2) is 37.6 Å². The van der Waals surface area contributed by atoms with Gasteiger partial charge in [-0.3, -0.25) is 0 Å². The molecule has 2 heteroatoms. The third kappa shape index (κ3) is 2.05. The number of hydrogen-bond donors (Lipinski definition) is 1. The summed E-state index contributed by atoms with van der Waals surface area (Å²) in [6.45, 7) is 3.96. The maximum atomic E-state index is 3.34. The summed E-state index contributed by atoms with van der Waals surface area (Å²) in [6.07, 6.45) is 7.21. The van der Waals surface area contributed by atoms with Crippen LogP contribution < -0.4 is 5.32 Å². The van der Waals surface area contributed by atoms with Crippen molar-refractivity contribution in [2.45, 2.75) is 38.1 Å². The van der Waals surface area contributed by atoms with E-state index < -0.39 is 0 Å². The number of fused-ring (bicyclic) bond motifs is 1. The fraction of sp³-hybridized carbons (Fsp3) is 1.00. The Labute approximate surface area is 81.7 Å². The van der Waals surface area contributed by atoms with Crippen LogP contribution in [0.2, 0.25) is 0 Å². The second kappa shape index (κ2) is 4.43. The fourth-order valence-corrected chi connectivity index (χ4v) is 3.08. The van der Waals surface area contributed by atoms with Crippen molar-refractivity contribution in [2.75, 3.05) is 26.7 Å². The van der Waals surface area contributed by atoms with Crippen LogP contribution in [0.5, 0.6) is 0 Å². The number of nitrogens with zero attached hydrogens (tertiary/aromatic N) is 1. The number of rotatable bonds is 2. The molecule has 0 aromatic carbocycles. The Balaban J connectivity index is 1.94. The number of hydrogen-bond acceptors (Lipinski definition) is 2. The average molecular weight is 182 g/mol. The highest BCUT2D eigenvalue weighted by molar-refractivity contribution is 4.87. The summed E-state index contributed by atoms with van der Waals surface area (Å²) in [4.78, 5) is 2.73. The molecule has 2 atom stereocenters. The van der Waals surface area contributed by atoms with Gasteiger partial charge in [0.25, 0.3) is 0 Å². The molecule has 2 saturated heterocycles. The van der Waals surface area contributed by atoms with Crippen molar-refractivity contribution in [3.8, 4) is 0 Å². The molecule has 0 aromatic rings. The third-order valence-corrected chi connectivity index (χ3v) is 3.69. The standard InChI is InChI=1S/C11H22N2/c1-12-9-10-5-4-8-13-7-3-2-6-11(10)13/h10-12H,2-9H2,1H3/t10-,11+/m1/s1. The van der Waals surface area contributed by atoms with E-state index in [1.807, 2.05) is 0 Å². The summed E-state index contributed by atoms with van der Waals surface area (Å²) in [5.74, 6) is 0.930. The minimum absolute atomic E-state index is 0.912. The first kappa shape index (κ1) is 9.47. The van der Waals surface area contributed by atoms with Crippen LogP contribution in [0.15, 0.2) is 0 Å². The van der Waals surface area contributed by atoms with Crippen molar-refractivity contribution in [1.82, 2.24) is 10.2 Å². The SMILES string of the molecule is CNC[C@H]1CCCN2CCCC[C@@H]12. The first-order valence-corrected chi connectivity index (χ1v) is 5.80. The molecular weight excluding hydrogens is 160 g/mol. The van der Waals surface area contributed by atoms with Crippen molar-refractivity contribution in [2.24, 2.45) is 5.92 Å². The van der Waals surface area contributed by atoms with Crippen LogP contribution in [0.1, 0.15) is 32.1 Å². The summed E-state index contributed by atoms with van der Waals surface area (Å²) in [5, 5.41) is 3.34. The lowest BCUT2D eigenvalue weighted by Crippen LogP contribution is -2.50. The summed E-state index contributed by atoms with van der Waals surface area (Å²) < 4.78 is 0. The Hall–Kier alpha value is -0.0800. The van der Waals surface area contributed by atoms with Crippen LogP contribution in [0.25, 0.3) is 0 Å². The normalized spacial score (nSPS) is 35.8. The molecule has 0 unspecified atom stereocenters. The van der Waals surface area contributed by atoms with E-state index in [0.717, 1.165) is 12.0 Å². The molecule has 76 valence electrons. The lowest BCUT2D eigenvalue weighted by atomic mass is 9.83. The van der Waals surface area contributed by atoms with Gasteiger partial charge in [-0.2, -0.15) is 0 Å². The van der Waals surface area contributed by atoms with Gasteiger partial charge in [-0.15, -0.1) is 0 Å². The van der Waals surface area contributed by atoms with Crippen molar-refractivity contribution in [1.29, 1.82) is 0 Å². The first-order valence-electron chi connectivity index (χ1n) is 5.80. The van der Waals surface area contributed by atoms with Gasteiger partial charge in [0.2, 0.25) is 0 Å². The molecule has 0 spiro atoms. The van der Waals surface area contributed by atoms with E-state index >= 15 is 0 Å². The minimum atomic E-state index is 0.912. The lowest BCUT2D eigenvalue weighted by Gasteiger charge is -2.44. The molecule has 2 heterocycles. The molecule has 1 N–H and O–H groups in total. The van der Waals surface area contributed by atoms with E-state index in [0.29, 0.717) is 0 Å². The molecule has 2 fully saturated rings. The lowest BCUT2D eigenvalue weighted by molar-refractivity contribution is 0.0603. The predicted molar refractivity (Wildman–Crippen MR) is 55.9 cm³/mol. The van der Waals surface area contributed by atoms with E-state index in [2.05, 4.69) is 17.3 Å². The average Bonchev–Trinajstić information content (AvgIpc) is 2.19. The predicted octanol–water partition coefficient (Wildman–Crippen LogP) is 1.47. The summed E-state index contributed by atoms with van der Waals surface area (Å²) >= 11 is 0. The second-order valence-electron chi connectivity index (χ2n) is 4.56. The zero-order chi connectivity index (χ0) is 9.10. The van der Waals surface area contributed by atoms with E-state index in [1.54, 1.807) is 0 Å². The van der Waals surface area contributed by atoms with Crippen molar-refractivity contribution < 1.29 is 0 Å². The Morgan fingerprint density at radius 2 is 2.00 bits per heavy atom. The maximum absolute atomic E-state index is 3.34. The molecule has 0 aromatic heterocycles. The van der Waals surface area contributed by atoms with Crippen LogP contribution in [0, 0.1) is 5.92 Å². The number of nitrogens with one attached hydrogen (secondary N) is 1. The first-order chi connectivity index (χ1) is 6.42. The monoisotopic (exact) mass is 182 g/mol. The van der Waals surface area contributed by atoms with E-state index in [-0.39, 0.29) is 0 Å². The second-order valence-corrected chi connectivity index (χ2v) is 4.56. The topological polar surface area (TPSA) is 15.3 Å². The molecule has 0 amide bonds. The highest BCUT2D eigenvalue weighted by Gasteiger charge is 2.32. The molecule has 0 aliphatic carbocycles. The Morgan fingerprint density at radius 1 is 1.15 bits per heavy atom. The largest absolute Gasteiger partial charge is 0.319 e. The van der Waals surface area contributed by atoms with Gasteiger partial charge in [-0.25, -0.2) is 0 Å². The van der Waals surface area contributed by atoms with Gasteiger partial charge in [0.15, 0.2) is 0 Å². The Kier molecular flexibility index (Phi) is 3.23. The quantitative estimate of drug-likeness (QED) is 0.695. The van der Waals surface area contributed by atoms with Gasteiger partial charge in [0.1, 0.15) is 0 Å². The Morgan fingerprint density at radius 3 is 2.85 bits per heavy atom. The van der Waals surface area contributed by atoms with Gasteiger partial charge in [-0.1, -0.05) is 6.42 Å². The zero-order valence-corrected chi connectivity index (χ0v) is 8.76. The summed E-state index contributed by atoms with van der Waals surface area (Å²) in [6, 6.07) is 0.912. The third-order valence-electron chi connectivity index (χ3n) is 3.69. The fourth-order valence-electron chi connectivity index (χ4n) is 3.08. The molecular formula is C11H22N2.